The molecule has 2 N–H and O–H groups in total. The van der Waals surface area contributed by atoms with Crippen molar-refractivity contribution in [3.05, 3.63) is 5.82 Å². The largest absolute Gasteiger partial charge is 0.394 e. The van der Waals surface area contributed by atoms with Crippen molar-refractivity contribution >= 4 is 16.7 Å². The summed E-state index contributed by atoms with van der Waals surface area (Å²) in [6.45, 7) is 2.06. The molecule has 1 heterocycles. The molecule has 5 heteroatoms. The van der Waals surface area contributed by atoms with Gasteiger partial charge in [-0.1, -0.05) is 0 Å². The summed E-state index contributed by atoms with van der Waals surface area (Å²) >= 11 is 1.36. The highest BCUT2D eigenvalue weighted by atomic mass is 32.1. The number of rotatable bonds is 3. The Morgan fingerprint density at radius 1 is 1.62 bits per heavy atom. The van der Waals surface area contributed by atoms with E-state index in [1.807, 2.05) is 6.92 Å². The van der Waals surface area contributed by atoms with E-state index >= 15 is 0 Å². The molecule has 1 aromatic rings. The number of anilines is 1. The zero-order valence-electron chi connectivity index (χ0n) is 7.58. The third kappa shape index (κ3) is 1.66. The van der Waals surface area contributed by atoms with Crippen LogP contribution in [0.25, 0.3) is 0 Å². The Balaban J connectivity index is 2.04. The molecule has 0 atom stereocenters. The Morgan fingerprint density at radius 3 is 2.77 bits per heavy atom. The van der Waals surface area contributed by atoms with Crippen LogP contribution in [0.5, 0.6) is 0 Å². The van der Waals surface area contributed by atoms with E-state index < -0.39 is 0 Å². The summed E-state index contributed by atoms with van der Waals surface area (Å²) in [5, 5.41) is 13.3. The van der Waals surface area contributed by atoms with Crippen molar-refractivity contribution in [2.24, 2.45) is 0 Å². The summed E-state index contributed by atoms with van der Waals surface area (Å²) in [5.41, 5.74) is -0.105. The summed E-state index contributed by atoms with van der Waals surface area (Å²) in [7, 11) is 0. The number of hydrogen-bond acceptors (Lipinski definition) is 5. The summed E-state index contributed by atoms with van der Waals surface area (Å²) in [5.74, 6) is 0.792. The average Bonchev–Trinajstić information content (AvgIpc) is 2.44. The lowest BCUT2D eigenvalue weighted by molar-refractivity contribution is 0.144. The van der Waals surface area contributed by atoms with Gasteiger partial charge in [0.15, 0.2) is 0 Å². The molecule has 0 amide bonds. The standard InChI is InChI=1S/C8H13N3OS/c1-6-9-7(13-11-6)10-8(5-12)3-2-4-8/h12H,2-5H2,1H3,(H,9,10,11). The summed E-state index contributed by atoms with van der Waals surface area (Å²) in [4.78, 5) is 4.21. The molecule has 0 aromatic carbocycles. The van der Waals surface area contributed by atoms with E-state index in [4.69, 9.17) is 0 Å². The molecule has 0 radical (unpaired) electrons. The monoisotopic (exact) mass is 199 g/mol. The zero-order valence-corrected chi connectivity index (χ0v) is 8.39. The van der Waals surface area contributed by atoms with Crippen LogP contribution < -0.4 is 5.32 Å². The van der Waals surface area contributed by atoms with E-state index in [1.165, 1.54) is 18.0 Å². The van der Waals surface area contributed by atoms with E-state index in [2.05, 4.69) is 14.7 Å². The summed E-state index contributed by atoms with van der Waals surface area (Å²) in [6.07, 6.45) is 3.25. The number of nitrogens with one attached hydrogen (secondary N) is 1. The molecule has 1 saturated carbocycles. The van der Waals surface area contributed by atoms with Crippen molar-refractivity contribution in [3.63, 3.8) is 0 Å². The first-order valence-electron chi connectivity index (χ1n) is 4.43. The van der Waals surface area contributed by atoms with Crippen LogP contribution in [0.3, 0.4) is 0 Å². The van der Waals surface area contributed by atoms with Gasteiger partial charge in [0.2, 0.25) is 5.13 Å². The van der Waals surface area contributed by atoms with E-state index in [-0.39, 0.29) is 12.1 Å². The fourth-order valence-electron chi connectivity index (χ4n) is 1.50. The predicted octanol–water partition coefficient (Wildman–Crippen LogP) is 1.17. The van der Waals surface area contributed by atoms with Crippen molar-refractivity contribution in [1.82, 2.24) is 9.36 Å². The van der Waals surface area contributed by atoms with E-state index in [9.17, 15) is 5.11 Å². The molecule has 1 aromatic heterocycles. The van der Waals surface area contributed by atoms with Gasteiger partial charge in [0.1, 0.15) is 5.82 Å². The summed E-state index contributed by atoms with van der Waals surface area (Å²) < 4.78 is 4.08. The molecule has 13 heavy (non-hydrogen) atoms. The maximum Gasteiger partial charge on any atom is 0.203 e. The van der Waals surface area contributed by atoms with Crippen molar-refractivity contribution in [3.8, 4) is 0 Å². The van der Waals surface area contributed by atoms with E-state index in [0.717, 1.165) is 23.8 Å². The first kappa shape index (κ1) is 8.90. The van der Waals surface area contributed by atoms with Gasteiger partial charge < -0.3 is 10.4 Å². The summed E-state index contributed by atoms with van der Waals surface area (Å²) in [6, 6.07) is 0. The Labute approximate surface area is 81.2 Å². The highest BCUT2D eigenvalue weighted by Crippen LogP contribution is 2.35. The minimum absolute atomic E-state index is 0.105. The van der Waals surface area contributed by atoms with Gasteiger partial charge in [0.05, 0.1) is 12.1 Å². The van der Waals surface area contributed by atoms with Crippen LogP contribution in [0, 0.1) is 6.92 Å². The molecule has 0 saturated heterocycles. The fourth-order valence-corrected chi connectivity index (χ4v) is 2.20. The normalized spacial score (nSPS) is 19.5. The third-order valence-electron chi connectivity index (χ3n) is 2.51. The van der Waals surface area contributed by atoms with Gasteiger partial charge in [-0.25, -0.2) is 4.98 Å². The Hall–Kier alpha value is -0.680. The first-order chi connectivity index (χ1) is 6.24. The van der Waals surface area contributed by atoms with Crippen molar-refractivity contribution in [2.45, 2.75) is 31.7 Å². The molecule has 0 aliphatic heterocycles. The number of aromatic nitrogens is 2. The van der Waals surface area contributed by atoms with Gasteiger partial charge in [0.25, 0.3) is 0 Å². The Kier molecular flexibility index (Phi) is 2.21. The number of nitrogens with zero attached hydrogens (tertiary/aromatic N) is 2. The molecule has 1 aliphatic carbocycles. The third-order valence-corrected chi connectivity index (χ3v) is 3.23. The molecular formula is C8H13N3OS. The van der Waals surface area contributed by atoms with Crippen LogP contribution in [-0.4, -0.2) is 26.6 Å². The van der Waals surface area contributed by atoms with Gasteiger partial charge in [-0.05, 0) is 26.2 Å². The molecule has 1 fully saturated rings. The van der Waals surface area contributed by atoms with Crippen LogP contribution in [0.15, 0.2) is 0 Å². The average molecular weight is 199 g/mol. The van der Waals surface area contributed by atoms with Gasteiger partial charge in [-0.3, -0.25) is 0 Å². The number of aliphatic hydroxyl groups excluding tert-OH is 1. The Morgan fingerprint density at radius 2 is 2.38 bits per heavy atom. The van der Waals surface area contributed by atoms with Crippen molar-refractivity contribution < 1.29 is 5.11 Å². The second-order valence-corrected chi connectivity index (χ2v) is 4.32. The smallest absolute Gasteiger partial charge is 0.203 e. The molecular weight excluding hydrogens is 186 g/mol. The van der Waals surface area contributed by atoms with E-state index in [0.29, 0.717) is 0 Å². The number of aliphatic hydroxyl groups is 1. The minimum Gasteiger partial charge on any atom is -0.394 e. The van der Waals surface area contributed by atoms with Crippen LogP contribution in [0.2, 0.25) is 0 Å². The molecule has 0 bridgehead atoms. The van der Waals surface area contributed by atoms with Crippen LogP contribution in [-0.2, 0) is 0 Å². The van der Waals surface area contributed by atoms with Gasteiger partial charge >= 0.3 is 0 Å². The zero-order chi connectivity index (χ0) is 9.31. The van der Waals surface area contributed by atoms with Crippen molar-refractivity contribution in [2.75, 3.05) is 11.9 Å². The topological polar surface area (TPSA) is 58.0 Å². The van der Waals surface area contributed by atoms with Crippen LogP contribution in [0.1, 0.15) is 25.1 Å². The fraction of sp³-hybridized carbons (Fsp3) is 0.750. The molecule has 1 aliphatic rings. The van der Waals surface area contributed by atoms with Gasteiger partial charge in [0, 0.05) is 11.5 Å². The maximum absolute atomic E-state index is 9.20. The molecule has 2 rings (SSSR count). The lowest BCUT2D eigenvalue weighted by Gasteiger charge is -2.40. The maximum atomic E-state index is 9.20. The number of hydrogen-bond donors (Lipinski definition) is 2. The highest BCUT2D eigenvalue weighted by molar-refractivity contribution is 7.09. The Bertz CT molecular complexity index is 290. The molecule has 0 spiro atoms. The second kappa shape index (κ2) is 3.23. The minimum atomic E-state index is -0.105. The van der Waals surface area contributed by atoms with Crippen LogP contribution in [0.4, 0.5) is 5.13 Å². The van der Waals surface area contributed by atoms with Gasteiger partial charge in [-0.2, -0.15) is 4.37 Å². The first-order valence-corrected chi connectivity index (χ1v) is 5.21. The SMILES string of the molecule is Cc1nsc(NC2(CO)CCC2)n1. The predicted molar refractivity (Wildman–Crippen MR) is 51.9 cm³/mol. The molecule has 0 unspecified atom stereocenters. The lowest BCUT2D eigenvalue weighted by Crippen LogP contribution is -2.48. The van der Waals surface area contributed by atoms with E-state index in [1.54, 1.807) is 0 Å². The van der Waals surface area contributed by atoms with Crippen LogP contribution >= 0.6 is 11.5 Å². The highest BCUT2D eigenvalue weighted by Gasteiger charge is 2.36. The quantitative estimate of drug-likeness (QED) is 0.767. The second-order valence-electron chi connectivity index (χ2n) is 3.56. The lowest BCUT2D eigenvalue weighted by atomic mass is 9.77. The molecule has 4 nitrogen and oxygen atoms in total. The number of aryl methyl sites for hydroxylation is 1. The van der Waals surface area contributed by atoms with Crippen molar-refractivity contribution in [1.29, 1.82) is 0 Å². The molecule has 72 valence electrons. The van der Waals surface area contributed by atoms with Gasteiger partial charge in [-0.15, -0.1) is 0 Å².